The fraction of sp³-hybridized carbons (Fsp3) is 0.111. The van der Waals surface area contributed by atoms with Crippen molar-refractivity contribution in [3.63, 3.8) is 0 Å². The van der Waals surface area contributed by atoms with Crippen LogP contribution in [0.1, 0.15) is 0 Å². The minimum Gasteiger partial charge on any atom is -0.397 e. The van der Waals surface area contributed by atoms with E-state index in [1.54, 1.807) is 12.1 Å². The van der Waals surface area contributed by atoms with E-state index < -0.39 is 25.9 Å². The first-order valence-corrected chi connectivity index (χ1v) is 7.84. The molecule has 0 amide bonds. The lowest BCUT2D eigenvalue weighted by molar-refractivity contribution is 0.494. The minimum atomic E-state index is -4.33. The van der Waals surface area contributed by atoms with Crippen LogP contribution in [-0.4, -0.2) is 27.1 Å². The highest BCUT2D eigenvalue weighted by molar-refractivity contribution is 7.93. The Balaban J connectivity index is 2.78. The molecule has 1 aromatic carbocycles. The van der Waals surface area contributed by atoms with Gasteiger partial charge in [0.25, 0.3) is 10.1 Å². The van der Waals surface area contributed by atoms with Gasteiger partial charge in [-0.15, -0.1) is 0 Å². The van der Waals surface area contributed by atoms with Crippen LogP contribution in [0.25, 0.3) is 0 Å². The Morgan fingerprint density at radius 1 is 1.22 bits per heavy atom. The van der Waals surface area contributed by atoms with Gasteiger partial charge in [-0.2, -0.15) is 8.42 Å². The van der Waals surface area contributed by atoms with Gasteiger partial charge in [-0.1, -0.05) is 18.2 Å². The molecule has 0 aromatic heterocycles. The molecule has 100 valence electrons. The molecule has 9 heteroatoms. The van der Waals surface area contributed by atoms with E-state index in [2.05, 4.69) is 4.72 Å². The fourth-order valence-electron chi connectivity index (χ4n) is 1.09. The van der Waals surface area contributed by atoms with Crippen molar-refractivity contribution in [2.75, 3.05) is 16.2 Å². The zero-order chi connectivity index (χ0) is 13.8. The Kier molecular flexibility index (Phi) is 4.33. The zero-order valence-electron chi connectivity index (χ0n) is 9.15. The van der Waals surface area contributed by atoms with E-state index in [-0.39, 0.29) is 11.4 Å². The first kappa shape index (κ1) is 14.5. The van der Waals surface area contributed by atoms with Crippen molar-refractivity contribution in [3.8, 4) is 0 Å². The van der Waals surface area contributed by atoms with Crippen LogP contribution in [0.4, 0.5) is 11.4 Å². The fourth-order valence-corrected chi connectivity index (χ4v) is 2.50. The summed E-state index contributed by atoms with van der Waals surface area (Å²) in [6.45, 7) is 0. The monoisotopic (exact) mass is 292 g/mol. The first-order valence-electron chi connectivity index (χ1n) is 4.69. The van der Waals surface area contributed by atoms with Crippen molar-refractivity contribution in [2.45, 2.75) is 0 Å². The SMILES string of the molecule is Nc1ccccc1NS(=O)(=O)C/C=C/S(=O)(=O)O. The summed E-state index contributed by atoms with van der Waals surface area (Å²) in [4.78, 5) is 0. The highest BCUT2D eigenvalue weighted by Gasteiger charge is 2.10. The van der Waals surface area contributed by atoms with Crippen LogP contribution in [-0.2, 0) is 20.1 Å². The van der Waals surface area contributed by atoms with Crippen LogP contribution in [0.5, 0.6) is 0 Å². The van der Waals surface area contributed by atoms with Crippen LogP contribution in [0.2, 0.25) is 0 Å². The van der Waals surface area contributed by atoms with Crippen molar-refractivity contribution in [3.05, 3.63) is 35.7 Å². The standard InChI is InChI=1S/C9H12N2O5S2/c10-8-4-1-2-5-9(8)11-17(12,13)6-3-7-18(14,15)16/h1-5,7,11H,6,10H2,(H,14,15,16)/b7-3+. The van der Waals surface area contributed by atoms with Crippen LogP contribution in [0.15, 0.2) is 35.7 Å². The van der Waals surface area contributed by atoms with Crippen LogP contribution in [0.3, 0.4) is 0 Å². The number of anilines is 2. The number of nitrogens with two attached hydrogens (primary N) is 1. The normalized spacial score (nSPS) is 12.7. The molecule has 0 saturated carbocycles. The van der Waals surface area contributed by atoms with E-state index >= 15 is 0 Å². The number of hydrogen-bond acceptors (Lipinski definition) is 5. The molecule has 0 aliphatic rings. The molecular formula is C9H12N2O5S2. The molecule has 0 radical (unpaired) electrons. The highest BCUT2D eigenvalue weighted by atomic mass is 32.2. The molecule has 1 rings (SSSR count). The topological polar surface area (TPSA) is 127 Å². The molecule has 0 atom stereocenters. The zero-order valence-corrected chi connectivity index (χ0v) is 10.8. The largest absolute Gasteiger partial charge is 0.397 e. The van der Waals surface area contributed by atoms with Gasteiger partial charge in [0.1, 0.15) is 0 Å². The van der Waals surface area contributed by atoms with Gasteiger partial charge < -0.3 is 5.73 Å². The predicted octanol–water partition coefficient (Wildman–Crippen LogP) is 0.412. The number of rotatable bonds is 5. The third kappa shape index (κ3) is 5.17. The van der Waals surface area contributed by atoms with Gasteiger partial charge in [-0.05, 0) is 12.1 Å². The molecule has 0 bridgehead atoms. The van der Waals surface area contributed by atoms with Gasteiger partial charge >= 0.3 is 0 Å². The molecule has 0 fully saturated rings. The maximum Gasteiger partial charge on any atom is 0.287 e. The number of para-hydroxylation sites is 2. The maximum atomic E-state index is 11.5. The summed E-state index contributed by atoms with van der Waals surface area (Å²) in [5.74, 6) is -0.596. The summed E-state index contributed by atoms with van der Waals surface area (Å²) < 4.78 is 54.4. The second-order valence-electron chi connectivity index (χ2n) is 3.36. The number of nitrogen functional groups attached to an aromatic ring is 1. The predicted molar refractivity (Wildman–Crippen MR) is 69.0 cm³/mol. The number of nitrogens with one attached hydrogen (secondary N) is 1. The lowest BCUT2D eigenvalue weighted by Crippen LogP contribution is -2.16. The van der Waals surface area contributed by atoms with Crippen LogP contribution < -0.4 is 10.5 Å². The summed E-state index contributed by atoms with van der Waals surface area (Å²) in [5.41, 5.74) is 6.00. The van der Waals surface area contributed by atoms with Crippen molar-refractivity contribution < 1.29 is 21.4 Å². The Morgan fingerprint density at radius 3 is 2.39 bits per heavy atom. The molecular weight excluding hydrogens is 280 g/mol. The number of sulfonamides is 1. The minimum absolute atomic E-state index is 0.206. The van der Waals surface area contributed by atoms with E-state index in [1.165, 1.54) is 12.1 Å². The molecule has 7 nitrogen and oxygen atoms in total. The van der Waals surface area contributed by atoms with Gasteiger partial charge in [0.05, 0.1) is 22.5 Å². The van der Waals surface area contributed by atoms with Crippen molar-refractivity contribution in [1.82, 2.24) is 0 Å². The van der Waals surface area contributed by atoms with Gasteiger partial charge in [0, 0.05) is 0 Å². The average molecular weight is 292 g/mol. The first-order chi connectivity index (χ1) is 8.20. The molecule has 0 heterocycles. The van der Waals surface area contributed by atoms with E-state index in [9.17, 15) is 16.8 Å². The Labute approximate surface area is 105 Å². The molecule has 0 spiro atoms. The summed E-state index contributed by atoms with van der Waals surface area (Å²) in [5, 5.41) is 0.403. The van der Waals surface area contributed by atoms with Gasteiger partial charge in [0.2, 0.25) is 10.0 Å². The summed E-state index contributed by atoms with van der Waals surface area (Å²) in [6, 6.07) is 6.23. The lowest BCUT2D eigenvalue weighted by Gasteiger charge is -2.08. The molecule has 0 aliphatic heterocycles. The van der Waals surface area contributed by atoms with Crippen molar-refractivity contribution >= 4 is 31.5 Å². The Morgan fingerprint density at radius 2 is 1.83 bits per heavy atom. The lowest BCUT2D eigenvalue weighted by atomic mass is 10.3. The van der Waals surface area contributed by atoms with Crippen molar-refractivity contribution in [1.29, 1.82) is 0 Å². The van der Waals surface area contributed by atoms with Crippen LogP contribution >= 0.6 is 0 Å². The van der Waals surface area contributed by atoms with Gasteiger partial charge in [0.15, 0.2) is 0 Å². The molecule has 18 heavy (non-hydrogen) atoms. The smallest absolute Gasteiger partial charge is 0.287 e. The van der Waals surface area contributed by atoms with E-state index in [0.29, 0.717) is 5.41 Å². The molecule has 0 aliphatic carbocycles. The van der Waals surface area contributed by atoms with Crippen LogP contribution in [0, 0.1) is 0 Å². The Hall–Kier alpha value is -1.58. The third-order valence-electron chi connectivity index (χ3n) is 1.81. The van der Waals surface area contributed by atoms with E-state index in [4.69, 9.17) is 10.3 Å². The second-order valence-corrected chi connectivity index (χ2v) is 6.43. The summed E-state index contributed by atoms with van der Waals surface area (Å²) in [6.07, 6.45) is 0.816. The molecule has 4 N–H and O–H groups in total. The second kappa shape index (κ2) is 5.38. The number of hydrogen-bond donors (Lipinski definition) is 3. The number of benzene rings is 1. The van der Waals surface area contributed by atoms with Crippen molar-refractivity contribution in [2.24, 2.45) is 0 Å². The Bertz CT molecular complexity index is 649. The molecule has 0 unspecified atom stereocenters. The van der Waals surface area contributed by atoms with Gasteiger partial charge in [-0.3, -0.25) is 9.27 Å². The summed E-state index contributed by atoms with van der Waals surface area (Å²) >= 11 is 0. The van der Waals surface area contributed by atoms with E-state index in [1.807, 2.05) is 0 Å². The maximum absolute atomic E-state index is 11.5. The summed E-state index contributed by atoms with van der Waals surface area (Å²) in [7, 11) is -8.10. The van der Waals surface area contributed by atoms with Gasteiger partial charge in [-0.25, -0.2) is 8.42 Å². The highest BCUT2D eigenvalue weighted by Crippen LogP contribution is 2.18. The molecule has 0 saturated heterocycles. The average Bonchev–Trinajstić information content (AvgIpc) is 2.18. The quantitative estimate of drug-likeness (QED) is 0.533. The third-order valence-corrected chi connectivity index (χ3v) is 3.51. The van der Waals surface area contributed by atoms with E-state index in [0.717, 1.165) is 6.08 Å². The molecule has 1 aromatic rings.